The van der Waals surface area contributed by atoms with E-state index in [1.54, 1.807) is 38.2 Å². The molecule has 0 unspecified atom stereocenters. The molecule has 4 heteroatoms. The van der Waals surface area contributed by atoms with Crippen molar-refractivity contribution in [3.05, 3.63) is 30.1 Å². The predicted molar refractivity (Wildman–Crippen MR) is 57.4 cm³/mol. The van der Waals surface area contributed by atoms with Crippen molar-refractivity contribution in [1.82, 2.24) is 9.88 Å². The van der Waals surface area contributed by atoms with Gasteiger partial charge in [0.2, 0.25) is 0 Å². The predicted octanol–water partition coefficient (Wildman–Crippen LogP) is 1.38. The lowest BCUT2D eigenvalue weighted by Gasteiger charge is -2.31. The third-order valence-electron chi connectivity index (χ3n) is 2.65. The van der Waals surface area contributed by atoms with Crippen molar-refractivity contribution in [2.75, 3.05) is 7.05 Å². The Morgan fingerprint density at radius 2 is 2.00 bits per heavy atom. The van der Waals surface area contributed by atoms with Crippen LogP contribution >= 0.6 is 0 Å². The van der Waals surface area contributed by atoms with Crippen LogP contribution in [0.1, 0.15) is 19.4 Å². The monoisotopic (exact) mass is 208 g/mol. The van der Waals surface area contributed by atoms with Crippen LogP contribution in [0.3, 0.4) is 0 Å². The molecule has 0 aliphatic rings. The summed E-state index contributed by atoms with van der Waals surface area (Å²) in [5, 5.41) is 9.04. The van der Waals surface area contributed by atoms with Gasteiger partial charge in [-0.3, -0.25) is 14.7 Å². The second-order valence-corrected chi connectivity index (χ2v) is 4.08. The Kier molecular flexibility index (Phi) is 3.42. The van der Waals surface area contributed by atoms with E-state index in [-0.39, 0.29) is 0 Å². The van der Waals surface area contributed by atoms with E-state index in [2.05, 4.69) is 4.98 Å². The first kappa shape index (κ1) is 11.7. The van der Waals surface area contributed by atoms with Crippen molar-refractivity contribution in [3.63, 3.8) is 0 Å². The minimum absolute atomic E-state index is 0.599. The zero-order chi connectivity index (χ0) is 11.5. The molecule has 1 aromatic heterocycles. The van der Waals surface area contributed by atoms with E-state index in [4.69, 9.17) is 5.11 Å². The van der Waals surface area contributed by atoms with Gasteiger partial charge in [0.25, 0.3) is 0 Å². The minimum Gasteiger partial charge on any atom is -0.480 e. The third-order valence-corrected chi connectivity index (χ3v) is 2.65. The maximum atomic E-state index is 11.0. The Balaban J connectivity index is 2.72. The number of aliphatic carboxylic acids is 1. The molecule has 1 rings (SSSR count). The lowest BCUT2D eigenvalue weighted by molar-refractivity contribution is -0.148. The summed E-state index contributed by atoms with van der Waals surface area (Å²) in [6.07, 6.45) is 3.41. The highest BCUT2D eigenvalue weighted by Crippen LogP contribution is 2.15. The first-order valence-corrected chi connectivity index (χ1v) is 4.78. The van der Waals surface area contributed by atoms with Crippen LogP contribution in [0.15, 0.2) is 24.5 Å². The molecule has 15 heavy (non-hydrogen) atoms. The van der Waals surface area contributed by atoms with Gasteiger partial charge in [-0.25, -0.2) is 0 Å². The zero-order valence-corrected chi connectivity index (χ0v) is 9.27. The standard InChI is InChI=1S/C11H16N2O2/c1-11(2,10(14)15)13(3)8-9-4-6-12-7-5-9/h4-7H,8H2,1-3H3,(H,14,15). The number of aromatic nitrogens is 1. The molecule has 0 fully saturated rings. The highest BCUT2D eigenvalue weighted by atomic mass is 16.4. The molecule has 0 saturated carbocycles. The van der Waals surface area contributed by atoms with Gasteiger partial charge in [-0.2, -0.15) is 0 Å². The molecule has 0 aliphatic heterocycles. The number of nitrogens with zero attached hydrogens (tertiary/aromatic N) is 2. The third kappa shape index (κ3) is 2.76. The molecule has 0 saturated heterocycles. The number of likely N-dealkylation sites (N-methyl/N-ethyl adjacent to an activating group) is 1. The second kappa shape index (κ2) is 4.40. The van der Waals surface area contributed by atoms with Crippen LogP contribution in [0, 0.1) is 0 Å². The molecule has 1 N–H and O–H groups in total. The summed E-state index contributed by atoms with van der Waals surface area (Å²) < 4.78 is 0. The van der Waals surface area contributed by atoms with E-state index in [0.29, 0.717) is 6.54 Å². The molecule has 0 aliphatic carbocycles. The largest absolute Gasteiger partial charge is 0.480 e. The Morgan fingerprint density at radius 3 is 2.47 bits per heavy atom. The molecule has 0 aromatic carbocycles. The van der Waals surface area contributed by atoms with Crippen LogP contribution in [0.4, 0.5) is 0 Å². The van der Waals surface area contributed by atoms with Crippen LogP contribution in [0.2, 0.25) is 0 Å². The molecule has 0 radical (unpaired) electrons. The topological polar surface area (TPSA) is 53.4 Å². The molecule has 0 spiro atoms. The summed E-state index contributed by atoms with van der Waals surface area (Å²) in [5.74, 6) is -0.820. The van der Waals surface area contributed by atoms with E-state index in [0.717, 1.165) is 5.56 Å². The molecule has 1 heterocycles. The summed E-state index contributed by atoms with van der Waals surface area (Å²) in [6, 6.07) is 3.77. The van der Waals surface area contributed by atoms with Crippen LogP contribution in [-0.4, -0.2) is 33.5 Å². The number of carboxylic acids is 1. The number of carbonyl (C=O) groups is 1. The first-order chi connectivity index (χ1) is 6.94. The van der Waals surface area contributed by atoms with Gasteiger partial charge < -0.3 is 5.11 Å². The average molecular weight is 208 g/mol. The summed E-state index contributed by atoms with van der Waals surface area (Å²) in [5.41, 5.74) is 0.199. The highest BCUT2D eigenvalue weighted by molar-refractivity contribution is 5.77. The van der Waals surface area contributed by atoms with Crippen molar-refractivity contribution < 1.29 is 9.90 Å². The van der Waals surface area contributed by atoms with Gasteiger partial charge in [0.15, 0.2) is 0 Å². The Bertz CT molecular complexity index is 336. The van der Waals surface area contributed by atoms with Crippen molar-refractivity contribution >= 4 is 5.97 Å². The van der Waals surface area contributed by atoms with Crippen molar-refractivity contribution in [2.24, 2.45) is 0 Å². The molecular weight excluding hydrogens is 192 g/mol. The maximum Gasteiger partial charge on any atom is 0.323 e. The lowest BCUT2D eigenvalue weighted by atomic mass is 10.0. The minimum atomic E-state index is -0.858. The van der Waals surface area contributed by atoms with E-state index in [1.165, 1.54) is 0 Å². The Hall–Kier alpha value is -1.42. The fraction of sp³-hybridized carbons (Fsp3) is 0.455. The van der Waals surface area contributed by atoms with Gasteiger partial charge in [0.1, 0.15) is 5.54 Å². The van der Waals surface area contributed by atoms with Crippen molar-refractivity contribution in [3.8, 4) is 0 Å². The summed E-state index contributed by atoms with van der Waals surface area (Å²) in [7, 11) is 1.80. The smallest absolute Gasteiger partial charge is 0.323 e. The van der Waals surface area contributed by atoms with Gasteiger partial charge in [-0.05, 0) is 38.6 Å². The molecule has 0 amide bonds. The molecule has 1 aromatic rings. The van der Waals surface area contributed by atoms with Gasteiger partial charge in [-0.1, -0.05) is 0 Å². The van der Waals surface area contributed by atoms with Crippen LogP contribution in [0.25, 0.3) is 0 Å². The van der Waals surface area contributed by atoms with Gasteiger partial charge in [0.05, 0.1) is 0 Å². The second-order valence-electron chi connectivity index (χ2n) is 4.08. The molecular formula is C11H16N2O2. The van der Waals surface area contributed by atoms with Gasteiger partial charge in [-0.15, -0.1) is 0 Å². The average Bonchev–Trinajstić information content (AvgIpc) is 2.18. The summed E-state index contributed by atoms with van der Waals surface area (Å²) in [4.78, 5) is 16.7. The maximum absolute atomic E-state index is 11.0. The molecule has 0 bridgehead atoms. The Morgan fingerprint density at radius 1 is 1.47 bits per heavy atom. The molecule has 4 nitrogen and oxygen atoms in total. The number of rotatable bonds is 4. The number of carboxylic acid groups (broad SMARTS) is 1. The fourth-order valence-electron chi connectivity index (χ4n) is 1.12. The quantitative estimate of drug-likeness (QED) is 0.812. The molecule has 0 atom stereocenters. The fourth-order valence-corrected chi connectivity index (χ4v) is 1.12. The Labute approximate surface area is 89.6 Å². The number of pyridine rings is 1. The van der Waals surface area contributed by atoms with Gasteiger partial charge in [0, 0.05) is 18.9 Å². The van der Waals surface area contributed by atoms with E-state index in [9.17, 15) is 4.79 Å². The zero-order valence-electron chi connectivity index (χ0n) is 9.27. The van der Waals surface area contributed by atoms with Crippen LogP contribution in [-0.2, 0) is 11.3 Å². The first-order valence-electron chi connectivity index (χ1n) is 4.78. The van der Waals surface area contributed by atoms with Crippen molar-refractivity contribution in [1.29, 1.82) is 0 Å². The van der Waals surface area contributed by atoms with Crippen LogP contribution in [0.5, 0.6) is 0 Å². The van der Waals surface area contributed by atoms with E-state index >= 15 is 0 Å². The van der Waals surface area contributed by atoms with Gasteiger partial charge >= 0.3 is 5.97 Å². The van der Waals surface area contributed by atoms with Crippen LogP contribution < -0.4 is 0 Å². The van der Waals surface area contributed by atoms with E-state index in [1.807, 2.05) is 12.1 Å². The normalized spacial score (nSPS) is 11.7. The summed E-state index contributed by atoms with van der Waals surface area (Å²) in [6.45, 7) is 3.98. The molecule has 82 valence electrons. The lowest BCUT2D eigenvalue weighted by Crippen LogP contribution is -2.47. The van der Waals surface area contributed by atoms with E-state index < -0.39 is 11.5 Å². The summed E-state index contributed by atoms with van der Waals surface area (Å²) >= 11 is 0. The number of hydrogen-bond acceptors (Lipinski definition) is 3. The highest BCUT2D eigenvalue weighted by Gasteiger charge is 2.31. The van der Waals surface area contributed by atoms with Crippen molar-refractivity contribution in [2.45, 2.75) is 25.9 Å². The number of hydrogen-bond donors (Lipinski definition) is 1. The SMILES string of the molecule is CN(Cc1ccncc1)C(C)(C)C(=O)O.